The van der Waals surface area contributed by atoms with Gasteiger partial charge in [-0.3, -0.25) is 9.69 Å². The molecular formula is C25H33N5O2S. The lowest BCUT2D eigenvalue weighted by Gasteiger charge is -2.45. The van der Waals surface area contributed by atoms with Gasteiger partial charge < -0.3 is 20.3 Å². The molecule has 4 rings (SSSR count). The summed E-state index contributed by atoms with van der Waals surface area (Å²) in [6, 6.07) is 10.5. The van der Waals surface area contributed by atoms with Crippen molar-refractivity contribution in [3.8, 4) is 5.75 Å². The van der Waals surface area contributed by atoms with Crippen molar-refractivity contribution in [2.24, 2.45) is 0 Å². The summed E-state index contributed by atoms with van der Waals surface area (Å²) in [6.45, 7) is 9.76. The van der Waals surface area contributed by atoms with Gasteiger partial charge in [0.15, 0.2) is 0 Å². The molecule has 1 fully saturated rings. The second-order valence-corrected chi connectivity index (χ2v) is 9.69. The number of hydrogen-bond donors (Lipinski definition) is 2. The normalized spacial score (nSPS) is 19.1. The molecule has 2 aromatic heterocycles. The summed E-state index contributed by atoms with van der Waals surface area (Å²) in [5.41, 5.74) is 1.82. The molecule has 0 radical (unpaired) electrons. The Morgan fingerprint density at radius 3 is 2.76 bits per heavy atom. The van der Waals surface area contributed by atoms with E-state index in [1.807, 2.05) is 38.4 Å². The number of amides is 1. The lowest BCUT2D eigenvalue weighted by molar-refractivity contribution is -0.117. The first-order valence-electron chi connectivity index (χ1n) is 11.5. The minimum absolute atomic E-state index is 0.00335. The van der Waals surface area contributed by atoms with Gasteiger partial charge in [-0.2, -0.15) is 0 Å². The molecule has 1 aromatic carbocycles. The van der Waals surface area contributed by atoms with Crippen molar-refractivity contribution in [3.05, 3.63) is 47.5 Å². The average molecular weight is 468 g/mol. The van der Waals surface area contributed by atoms with E-state index in [2.05, 4.69) is 51.8 Å². The van der Waals surface area contributed by atoms with Crippen LogP contribution >= 0.6 is 11.3 Å². The molecule has 0 aliphatic carbocycles. The monoisotopic (exact) mass is 467 g/mol. The van der Waals surface area contributed by atoms with Crippen LogP contribution in [0.25, 0.3) is 10.1 Å². The number of aromatic nitrogens is 1. The summed E-state index contributed by atoms with van der Waals surface area (Å²) in [4.78, 5) is 22.2. The molecule has 8 heteroatoms. The second-order valence-electron chi connectivity index (χ2n) is 8.74. The highest BCUT2D eigenvalue weighted by Crippen LogP contribution is 2.32. The molecule has 1 aliphatic rings. The first-order chi connectivity index (χ1) is 16.0. The van der Waals surface area contributed by atoms with Gasteiger partial charge in [-0.05, 0) is 57.0 Å². The maximum atomic E-state index is 12.9. The molecule has 3 heterocycles. The van der Waals surface area contributed by atoms with E-state index in [4.69, 9.17) is 9.72 Å². The molecule has 3 aromatic rings. The number of rotatable bonds is 8. The first kappa shape index (κ1) is 23.5. The van der Waals surface area contributed by atoms with Gasteiger partial charge in [-0.1, -0.05) is 6.07 Å². The summed E-state index contributed by atoms with van der Waals surface area (Å²) >= 11 is 1.74. The number of nitrogens with one attached hydrogen (secondary N) is 2. The van der Waals surface area contributed by atoms with E-state index in [-0.39, 0.29) is 18.0 Å². The number of benzene rings is 1. The van der Waals surface area contributed by atoms with Gasteiger partial charge in [-0.15, -0.1) is 11.3 Å². The van der Waals surface area contributed by atoms with E-state index in [1.165, 1.54) is 10.1 Å². The first-order valence-corrected chi connectivity index (χ1v) is 12.3. The molecule has 0 bridgehead atoms. The fraction of sp³-hybridized carbons (Fsp3) is 0.440. The van der Waals surface area contributed by atoms with Crippen molar-refractivity contribution >= 4 is 38.8 Å². The quantitative estimate of drug-likeness (QED) is 0.492. The van der Waals surface area contributed by atoms with E-state index >= 15 is 0 Å². The minimum atomic E-state index is -0.00335. The Morgan fingerprint density at radius 2 is 2.00 bits per heavy atom. The highest BCUT2D eigenvalue weighted by atomic mass is 32.1. The number of pyridine rings is 1. The molecule has 7 nitrogen and oxygen atoms in total. The summed E-state index contributed by atoms with van der Waals surface area (Å²) in [5.74, 6) is 1.80. The number of thiophene rings is 1. The van der Waals surface area contributed by atoms with Gasteiger partial charge >= 0.3 is 0 Å². The van der Waals surface area contributed by atoms with Crippen LogP contribution < -0.4 is 20.3 Å². The number of hydrogen-bond acceptors (Lipinski definition) is 7. The number of carbonyl (C=O) groups is 1. The van der Waals surface area contributed by atoms with Crippen molar-refractivity contribution in [1.82, 2.24) is 15.2 Å². The van der Waals surface area contributed by atoms with Crippen molar-refractivity contribution in [2.75, 3.05) is 50.1 Å². The van der Waals surface area contributed by atoms with E-state index in [0.717, 1.165) is 42.5 Å². The van der Waals surface area contributed by atoms with Crippen molar-refractivity contribution < 1.29 is 9.53 Å². The Balaban J connectivity index is 1.38. The Hall–Kier alpha value is -2.68. The lowest BCUT2D eigenvalue weighted by atomic mass is 10.1. The Labute approximate surface area is 199 Å². The third-order valence-electron chi connectivity index (χ3n) is 6.07. The molecule has 2 unspecified atom stereocenters. The van der Waals surface area contributed by atoms with E-state index < -0.39 is 0 Å². The van der Waals surface area contributed by atoms with Crippen LogP contribution in [0.1, 0.15) is 19.4 Å². The van der Waals surface area contributed by atoms with Crippen molar-refractivity contribution in [2.45, 2.75) is 32.9 Å². The number of likely N-dealkylation sites (N-methyl/N-ethyl adjacent to an activating group) is 1. The van der Waals surface area contributed by atoms with Gasteiger partial charge in [0.05, 0.1) is 6.54 Å². The lowest BCUT2D eigenvalue weighted by Crippen LogP contribution is -2.58. The van der Waals surface area contributed by atoms with Crippen LogP contribution in [0.5, 0.6) is 5.75 Å². The summed E-state index contributed by atoms with van der Waals surface area (Å²) in [5, 5.41) is 9.47. The highest BCUT2D eigenvalue weighted by molar-refractivity contribution is 7.17. The number of anilines is 2. The molecule has 1 saturated heterocycles. The van der Waals surface area contributed by atoms with Crippen LogP contribution in [0.3, 0.4) is 0 Å². The Morgan fingerprint density at radius 1 is 1.21 bits per heavy atom. The van der Waals surface area contributed by atoms with Crippen LogP contribution in [0.4, 0.5) is 11.5 Å². The molecular weight excluding hydrogens is 434 g/mol. The molecule has 176 valence electrons. The topological polar surface area (TPSA) is 69.7 Å². The van der Waals surface area contributed by atoms with Crippen molar-refractivity contribution in [1.29, 1.82) is 0 Å². The largest absolute Gasteiger partial charge is 0.492 e. The highest BCUT2D eigenvalue weighted by Gasteiger charge is 2.32. The maximum absolute atomic E-state index is 12.9. The Kier molecular flexibility index (Phi) is 7.47. The number of aryl methyl sites for hydroxylation is 1. The standard InChI is InChI=1S/C25H33N5O2S/c1-17-5-6-20(32-11-10-26-4)13-22(17)28-24(31)16-29-14-18(2)30(19(3)15-29)25-21-8-12-33-23(21)7-9-27-25/h5-9,12-13,18-19,26H,10-11,14-16H2,1-4H3,(H,28,31). The smallest absolute Gasteiger partial charge is 0.238 e. The zero-order chi connectivity index (χ0) is 23.4. The van der Waals surface area contributed by atoms with Gasteiger partial charge in [0, 0.05) is 59.8 Å². The second kappa shape index (κ2) is 10.5. The van der Waals surface area contributed by atoms with Gasteiger partial charge in [0.1, 0.15) is 18.2 Å². The predicted molar refractivity (Wildman–Crippen MR) is 137 cm³/mol. The SMILES string of the molecule is CNCCOc1ccc(C)c(NC(=O)CN2CC(C)N(c3nccc4sccc34)C(C)C2)c1. The van der Waals surface area contributed by atoms with Gasteiger partial charge in [0.2, 0.25) is 5.91 Å². The molecule has 0 spiro atoms. The van der Waals surface area contributed by atoms with Crippen LogP contribution in [-0.2, 0) is 4.79 Å². The fourth-order valence-electron chi connectivity index (χ4n) is 4.55. The van der Waals surface area contributed by atoms with Gasteiger partial charge in [0.25, 0.3) is 0 Å². The maximum Gasteiger partial charge on any atom is 0.238 e. The fourth-order valence-corrected chi connectivity index (χ4v) is 5.33. The van der Waals surface area contributed by atoms with E-state index in [0.29, 0.717) is 13.2 Å². The van der Waals surface area contributed by atoms with Crippen LogP contribution in [0, 0.1) is 6.92 Å². The molecule has 2 N–H and O–H groups in total. The predicted octanol–water partition coefficient (Wildman–Crippen LogP) is 3.74. The van der Waals surface area contributed by atoms with Crippen LogP contribution in [0.15, 0.2) is 41.9 Å². The van der Waals surface area contributed by atoms with E-state index in [9.17, 15) is 4.79 Å². The molecule has 0 saturated carbocycles. The number of piperazine rings is 1. The number of carbonyl (C=O) groups excluding carboxylic acids is 1. The average Bonchev–Trinajstić information content (AvgIpc) is 3.25. The zero-order valence-electron chi connectivity index (χ0n) is 19.8. The number of ether oxygens (including phenoxy) is 1. The van der Waals surface area contributed by atoms with Crippen molar-refractivity contribution in [3.63, 3.8) is 0 Å². The summed E-state index contributed by atoms with van der Waals surface area (Å²) in [7, 11) is 1.89. The summed E-state index contributed by atoms with van der Waals surface area (Å²) in [6.07, 6.45) is 1.90. The molecule has 33 heavy (non-hydrogen) atoms. The number of fused-ring (bicyclic) bond motifs is 1. The van der Waals surface area contributed by atoms with Crippen LogP contribution in [-0.4, -0.2) is 67.7 Å². The molecule has 2 atom stereocenters. The Bertz CT molecular complexity index is 1090. The molecule has 1 amide bonds. The van der Waals surface area contributed by atoms with Gasteiger partial charge in [-0.25, -0.2) is 4.98 Å². The third-order valence-corrected chi connectivity index (χ3v) is 6.95. The van der Waals surface area contributed by atoms with Crippen LogP contribution in [0.2, 0.25) is 0 Å². The van der Waals surface area contributed by atoms with E-state index in [1.54, 1.807) is 11.3 Å². The molecule has 1 aliphatic heterocycles. The number of nitrogens with zero attached hydrogens (tertiary/aromatic N) is 3. The summed E-state index contributed by atoms with van der Waals surface area (Å²) < 4.78 is 7.00. The zero-order valence-corrected chi connectivity index (χ0v) is 20.6. The third kappa shape index (κ3) is 5.46. The minimum Gasteiger partial charge on any atom is -0.492 e.